The first-order chi connectivity index (χ1) is 13.6. The highest BCUT2D eigenvalue weighted by molar-refractivity contribution is 5.94. The van der Waals surface area contributed by atoms with Crippen LogP contribution in [-0.2, 0) is 10.2 Å². The van der Waals surface area contributed by atoms with Crippen molar-refractivity contribution >= 4 is 5.91 Å². The number of nitrogens with zero attached hydrogens (tertiary/aromatic N) is 3. The molecule has 1 fully saturated rings. The van der Waals surface area contributed by atoms with Crippen LogP contribution < -0.4 is 0 Å². The van der Waals surface area contributed by atoms with E-state index >= 15 is 0 Å². The molecular weight excluding hydrogens is 350 g/mol. The number of piperidine rings is 1. The Bertz CT molecular complexity index is 814. The first-order valence-electron chi connectivity index (χ1n) is 10.1. The summed E-state index contributed by atoms with van der Waals surface area (Å²) in [6.07, 6.45) is 6.54. The highest BCUT2D eigenvalue weighted by Crippen LogP contribution is 2.52. The van der Waals surface area contributed by atoms with Gasteiger partial charge in [0.15, 0.2) is 0 Å². The molecule has 1 unspecified atom stereocenters. The van der Waals surface area contributed by atoms with Crippen LogP contribution >= 0.6 is 0 Å². The maximum atomic E-state index is 12.8. The molecule has 1 saturated heterocycles. The molecule has 2 aliphatic rings. The molecule has 2 heterocycles. The number of aromatic nitrogens is 1. The van der Waals surface area contributed by atoms with Crippen LogP contribution in [0, 0.1) is 0 Å². The molecule has 5 heteroatoms. The Hall–Kier alpha value is -2.24. The van der Waals surface area contributed by atoms with Crippen LogP contribution in [0.15, 0.2) is 48.8 Å². The molecule has 1 atom stereocenters. The van der Waals surface area contributed by atoms with E-state index in [-0.39, 0.29) is 17.4 Å². The van der Waals surface area contributed by atoms with E-state index in [1.54, 1.807) is 24.5 Å². The summed E-state index contributed by atoms with van der Waals surface area (Å²) in [6, 6.07) is 12.3. The third kappa shape index (κ3) is 3.69. The summed E-state index contributed by atoms with van der Waals surface area (Å²) >= 11 is 0. The highest BCUT2D eigenvalue weighted by Gasteiger charge is 2.46. The molecule has 2 aromatic rings. The molecule has 5 nitrogen and oxygen atoms in total. The number of benzene rings is 1. The van der Waals surface area contributed by atoms with Gasteiger partial charge in [0.25, 0.3) is 5.91 Å². The molecule has 4 rings (SSSR count). The van der Waals surface area contributed by atoms with Gasteiger partial charge in [0, 0.05) is 43.0 Å². The van der Waals surface area contributed by atoms with Gasteiger partial charge in [-0.15, -0.1) is 0 Å². The Labute approximate surface area is 167 Å². The number of hydrogen-bond donors (Lipinski definition) is 0. The number of carbonyl (C=O) groups is 1. The van der Waals surface area contributed by atoms with Crippen LogP contribution in [0.3, 0.4) is 0 Å². The van der Waals surface area contributed by atoms with Crippen molar-refractivity contribution in [2.75, 3.05) is 40.3 Å². The first-order valence-corrected chi connectivity index (χ1v) is 10.1. The van der Waals surface area contributed by atoms with Crippen molar-refractivity contribution < 1.29 is 9.53 Å². The summed E-state index contributed by atoms with van der Waals surface area (Å²) < 4.78 is 6.28. The molecule has 0 saturated carbocycles. The van der Waals surface area contributed by atoms with Crippen molar-refractivity contribution in [3.63, 3.8) is 0 Å². The second-order valence-electron chi connectivity index (χ2n) is 8.26. The molecule has 1 spiro atoms. The Balaban J connectivity index is 1.46. The van der Waals surface area contributed by atoms with Gasteiger partial charge >= 0.3 is 0 Å². The number of fused-ring (bicyclic) bond motifs is 2. The molecule has 0 N–H and O–H groups in total. The third-order valence-electron chi connectivity index (χ3n) is 6.25. The number of carbonyl (C=O) groups excluding carboxylic acids is 1. The minimum atomic E-state index is 0.113. The van der Waals surface area contributed by atoms with Gasteiger partial charge < -0.3 is 14.5 Å². The molecule has 1 aromatic heterocycles. The Morgan fingerprint density at radius 2 is 1.89 bits per heavy atom. The Kier molecular flexibility index (Phi) is 5.47. The zero-order valence-corrected chi connectivity index (χ0v) is 16.8. The summed E-state index contributed by atoms with van der Waals surface area (Å²) in [7, 11) is 4.14. The third-order valence-corrected chi connectivity index (χ3v) is 6.25. The Morgan fingerprint density at radius 1 is 1.18 bits per heavy atom. The van der Waals surface area contributed by atoms with Gasteiger partial charge in [0.1, 0.15) is 0 Å². The van der Waals surface area contributed by atoms with E-state index in [1.165, 1.54) is 11.1 Å². The van der Waals surface area contributed by atoms with Gasteiger partial charge in [-0.1, -0.05) is 24.3 Å². The van der Waals surface area contributed by atoms with Gasteiger partial charge in [-0.2, -0.15) is 0 Å². The number of hydrogen-bond acceptors (Lipinski definition) is 4. The largest absolute Gasteiger partial charge is 0.372 e. The SMILES string of the molecule is CN(C)CCOC1CC2(CCN(C(=O)c3ccncc3)CC2)c2ccccc21. The van der Waals surface area contributed by atoms with E-state index in [0.717, 1.165) is 51.1 Å². The van der Waals surface area contributed by atoms with Crippen molar-refractivity contribution in [3.05, 3.63) is 65.5 Å². The second kappa shape index (κ2) is 8.02. The molecular formula is C23H29N3O2. The number of rotatable bonds is 5. The molecule has 1 aromatic carbocycles. The molecule has 28 heavy (non-hydrogen) atoms. The van der Waals surface area contributed by atoms with Crippen LogP contribution in [0.1, 0.15) is 46.9 Å². The zero-order valence-electron chi connectivity index (χ0n) is 16.8. The normalized spacial score (nSPS) is 20.5. The van der Waals surface area contributed by atoms with E-state index in [1.807, 2.05) is 4.90 Å². The molecule has 148 valence electrons. The monoisotopic (exact) mass is 379 g/mol. The van der Waals surface area contributed by atoms with Gasteiger partial charge in [0.2, 0.25) is 0 Å². The first kappa shape index (κ1) is 19.1. The fourth-order valence-electron chi connectivity index (χ4n) is 4.65. The van der Waals surface area contributed by atoms with Crippen molar-refractivity contribution in [3.8, 4) is 0 Å². The number of likely N-dealkylation sites (tertiary alicyclic amines) is 1. The average molecular weight is 380 g/mol. The van der Waals surface area contributed by atoms with Crippen molar-refractivity contribution in [1.29, 1.82) is 0 Å². The fraction of sp³-hybridized carbons (Fsp3) is 0.478. The van der Waals surface area contributed by atoms with Gasteiger partial charge in [-0.25, -0.2) is 0 Å². The second-order valence-corrected chi connectivity index (χ2v) is 8.26. The maximum absolute atomic E-state index is 12.8. The molecule has 0 radical (unpaired) electrons. The van der Waals surface area contributed by atoms with Crippen molar-refractivity contribution in [1.82, 2.24) is 14.8 Å². The van der Waals surface area contributed by atoms with Crippen LogP contribution in [-0.4, -0.2) is 61.0 Å². The van der Waals surface area contributed by atoms with E-state index in [0.29, 0.717) is 0 Å². The lowest BCUT2D eigenvalue weighted by Crippen LogP contribution is -2.44. The number of ether oxygens (including phenoxy) is 1. The lowest BCUT2D eigenvalue weighted by Gasteiger charge is -2.40. The van der Waals surface area contributed by atoms with E-state index in [2.05, 4.69) is 48.2 Å². The fourth-order valence-corrected chi connectivity index (χ4v) is 4.65. The predicted molar refractivity (Wildman–Crippen MR) is 109 cm³/mol. The van der Waals surface area contributed by atoms with Crippen molar-refractivity contribution in [2.45, 2.75) is 30.8 Å². The summed E-state index contributed by atoms with van der Waals surface area (Å²) in [5, 5.41) is 0. The molecule has 1 aliphatic carbocycles. The number of pyridine rings is 1. The average Bonchev–Trinajstić information content (AvgIpc) is 3.02. The van der Waals surface area contributed by atoms with Gasteiger partial charge in [-0.05, 0) is 56.6 Å². The summed E-state index contributed by atoms with van der Waals surface area (Å²) in [6.45, 7) is 3.26. The lowest BCUT2D eigenvalue weighted by atomic mass is 9.73. The molecule has 1 aliphatic heterocycles. The molecule has 0 bridgehead atoms. The molecule has 1 amide bonds. The van der Waals surface area contributed by atoms with Crippen molar-refractivity contribution in [2.24, 2.45) is 0 Å². The minimum absolute atomic E-state index is 0.113. The summed E-state index contributed by atoms with van der Waals surface area (Å²) in [5.74, 6) is 0.113. The maximum Gasteiger partial charge on any atom is 0.253 e. The van der Waals surface area contributed by atoms with Crippen LogP contribution in [0.4, 0.5) is 0 Å². The summed E-state index contributed by atoms with van der Waals surface area (Å²) in [5.41, 5.74) is 3.63. The summed E-state index contributed by atoms with van der Waals surface area (Å²) in [4.78, 5) is 20.9. The topological polar surface area (TPSA) is 45.7 Å². The smallest absolute Gasteiger partial charge is 0.253 e. The van der Waals surface area contributed by atoms with Crippen LogP contribution in [0.2, 0.25) is 0 Å². The zero-order chi connectivity index (χ0) is 19.6. The van der Waals surface area contributed by atoms with Crippen LogP contribution in [0.5, 0.6) is 0 Å². The minimum Gasteiger partial charge on any atom is -0.372 e. The van der Waals surface area contributed by atoms with E-state index < -0.39 is 0 Å². The van der Waals surface area contributed by atoms with Gasteiger partial charge in [0.05, 0.1) is 12.7 Å². The lowest BCUT2D eigenvalue weighted by molar-refractivity contribution is 0.0252. The van der Waals surface area contributed by atoms with E-state index in [4.69, 9.17) is 4.74 Å². The quantitative estimate of drug-likeness (QED) is 0.800. The van der Waals surface area contributed by atoms with Gasteiger partial charge in [-0.3, -0.25) is 9.78 Å². The van der Waals surface area contributed by atoms with Crippen LogP contribution in [0.25, 0.3) is 0 Å². The highest BCUT2D eigenvalue weighted by atomic mass is 16.5. The standard InChI is InChI=1S/C23H29N3O2/c1-25(2)15-16-28-21-17-23(20-6-4-3-5-19(20)21)9-13-26(14-10-23)22(27)18-7-11-24-12-8-18/h3-8,11-12,21H,9-10,13-17H2,1-2H3. The van der Waals surface area contributed by atoms with E-state index in [9.17, 15) is 4.79 Å². The Morgan fingerprint density at radius 3 is 2.61 bits per heavy atom. The number of amides is 1. The predicted octanol–water partition coefficient (Wildman–Crippen LogP) is 3.28. The number of likely N-dealkylation sites (N-methyl/N-ethyl adjacent to an activating group) is 1.